The first-order valence-electron chi connectivity index (χ1n) is 10.9. The van der Waals surface area contributed by atoms with E-state index < -0.39 is 0 Å². The van der Waals surface area contributed by atoms with Gasteiger partial charge in [-0.1, -0.05) is 35.9 Å². The Morgan fingerprint density at radius 1 is 0.969 bits per heavy atom. The highest BCUT2D eigenvalue weighted by molar-refractivity contribution is 6.31. The van der Waals surface area contributed by atoms with Crippen molar-refractivity contribution in [2.45, 2.75) is 24.9 Å². The minimum absolute atomic E-state index is 0.0561. The number of nitrogens with zero attached hydrogens (tertiary/aromatic N) is 2. The largest absolute Gasteiger partial charge is 0.457 e. The third-order valence-electron chi connectivity index (χ3n) is 6.37. The topological polar surface area (TPSA) is 32.8 Å². The summed E-state index contributed by atoms with van der Waals surface area (Å²) < 4.78 is 19.0. The van der Waals surface area contributed by atoms with Crippen molar-refractivity contribution in [2.75, 3.05) is 19.6 Å². The summed E-state index contributed by atoms with van der Waals surface area (Å²) >= 11 is 6.29. The monoisotopic (exact) mass is 450 g/mol. The summed E-state index contributed by atoms with van der Waals surface area (Å²) in [5.41, 5.74) is 1.82. The third-order valence-corrected chi connectivity index (χ3v) is 6.74. The maximum absolute atomic E-state index is 13.3. The van der Waals surface area contributed by atoms with E-state index in [0.717, 1.165) is 37.5 Å². The quantitative estimate of drug-likeness (QED) is 0.503. The van der Waals surface area contributed by atoms with Crippen molar-refractivity contribution in [3.63, 3.8) is 0 Å². The summed E-state index contributed by atoms with van der Waals surface area (Å²) in [6.45, 7) is 2.62. The van der Waals surface area contributed by atoms with Gasteiger partial charge in [0.25, 0.3) is 5.91 Å². The van der Waals surface area contributed by atoms with E-state index >= 15 is 0 Å². The van der Waals surface area contributed by atoms with Crippen LogP contribution in [0.5, 0.6) is 11.5 Å². The predicted molar refractivity (Wildman–Crippen MR) is 123 cm³/mol. The Morgan fingerprint density at radius 2 is 1.78 bits per heavy atom. The summed E-state index contributed by atoms with van der Waals surface area (Å²) in [6.07, 6.45) is 1.94. The van der Waals surface area contributed by atoms with Crippen molar-refractivity contribution >= 4 is 17.5 Å². The number of hydrogen-bond acceptors (Lipinski definition) is 3. The number of benzene rings is 3. The molecule has 2 fully saturated rings. The fourth-order valence-electron chi connectivity index (χ4n) is 4.74. The maximum Gasteiger partial charge on any atom is 0.254 e. The van der Waals surface area contributed by atoms with Crippen LogP contribution in [-0.2, 0) is 6.42 Å². The number of ether oxygens (including phenoxy) is 1. The lowest BCUT2D eigenvalue weighted by Crippen LogP contribution is -2.49. The summed E-state index contributed by atoms with van der Waals surface area (Å²) in [7, 11) is 0. The maximum atomic E-state index is 13.3. The van der Waals surface area contributed by atoms with Gasteiger partial charge in [0.2, 0.25) is 0 Å². The molecule has 2 aliphatic rings. The Labute approximate surface area is 192 Å². The first kappa shape index (κ1) is 21.0. The summed E-state index contributed by atoms with van der Waals surface area (Å²) in [5.74, 6) is 0.707. The van der Waals surface area contributed by atoms with E-state index in [4.69, 9.17) is 16.3 Å². The van der Waals surface area contributed by atoms with Crippen LogP contribution in [0.2, 0.25) is 5.02 Å². The van der Waals surface area contributed by atoms with Gasteiger partial charge in [0, 0.05) is 48.4 Å². The molecule has 5 rings (SSSR count). The molecule has 0 spiro atoms. The van der Waals surface area contributed by atoms with Crippen molar-refractivity contribution < 1.29 is 13.9 Å². The molecular weight excluding hydrogens is 427 g/mol. The summed E-state index contributed by atoms with van der Waals surface area (Å²) in [5, 5.41) is 0.818. The zero-order valence-electron chi connectivity index (χ0n) is 17.6. The second-order valence-corrected chi connectivity index (χ2v) is 8.83. The van der Waals surface area contributed by atoms with Crippen LogP contribution < -0.4 is 4.74 Å². The van der Waals surface area contributed by atoms with Gasteiger partial charge in [-0.15, -0.1) is 0 Å². The van der Waals surface area contributed by atoms with Gasteiger partial charge in [0.05, 0.1) is 0 Å². The molecule has 2 atom stereocenters. The molecule has 2 saturated heterocycles. The number of hydrogen-bond donors (Lipinski definition) is 0. The highest BCUT2D eigenvalue weighted by Crippen LogP contribution is 2.32. The molecule has 0 radical (unpaired) electrons. The molecule has 0 aliphatic carbocycles. The average Bonchev–Trinajstić information content (AvgIpc) is 3.39. The number of likely N-dealkylation sites (tertiary alicyclic amines) is 2. The summed E-state index contributed by atoms with van der Waals surface area (Å²) in [4.78, 5) is 17.6. The third kappa shape index (κ3) is 4.36. The van der Waals surface area contributed by atoms with Gasteiger partial charge >= 0.3 is 0 Å². The van der Waals surface area contributed by atoms with Crippen LogP contribution >= 0.6 is 11.6 Å². The molecule has 3 aromatic carbocycles. The minimum atomic E-state index is -0.348. The van der Waals surface area contributed by atoms with Gasteiger partial charge < -0.3 is 9.64 Å². The number of rotatable bonds is 6. The van der Waals surface area contributed by atoms with Crippen molar-refractivity contribution in [3.8, 4) is 11.5 Å². The predicted octanol–water partition coefficient (Wildman–Crippen LogP) is 5.41. The first-order valence-corrected chi connectivity index (χ1v) is 11.3. The fraction of sp³-hybridized carbons (Fsp3) is 0.269. The molecular formula is C26H24ClFN2O2. The highest BCUT2D eigenvalue weighted by atomic mass is 35.5. The van der Waals surface area contributed by atoms with Gasteiger partial charge in [-0.25, -0.2) is 4.39 Å². The second-order valence-electron chi connectivity index (χ2n) is 8.42. The van der Waals surface area contributed by atoms with E-state index in [1.165, 1.54) is 17.7 Å². The molecule has 0 saturated carbocycles. The zero-order valence-corrected chi connectivity index (χ0v) is 18.3. The molecule has 4 nitrogen and oxygen atoms in total. The van der Waals surface area contributed by atoms with E-state index in [0.29, 0.717) is 23.1 Å². The van der Waals surface area contributed by atoms with Crippen molar-refractivity contribution in [2.24, 2.45) is 0 Å². The van der Waals surface area contributed by atoms with Crippen LogP contribution in [0.25, 0.3) is 0 Å². The highest BCUT2D eigenvalue weighted by Gasteiger charge is 2.44. The van der Waals surface area contributed by atoms with Gasteiger partial charge in [-0.3, -0.25) is 9.69 Å². The van der Waals surface area contributed by atoms with E-state index in [1.807, 2.05) is 23.1 Å². The van der Waals surface area contributed by atoms with Gasteiger partial charge in [-0.05, 0) is 60.9 Å². The van der Waals surface area contributed by atoms with Crippen molar-refractivity contribution in [3.05, 3.63) is 94.8 Å². The van der Waals surface area contributed by atoms with Gasteiger partial charge in [0.15, 0.2) is 0 Å². The lowest BCUT2D eigenvalue weighted by Gasteiger charge is -2.34. The molecule has 0 N–H and O–H groups in total. The van der Waals surface area contributed by atoms with Crippen molar-refractivity contribution in [1.82, 2.24) is 9.80 Å². The van der Waals surface area contributed by atoms with Crippen LogP contribution in [0.4, 0.5) is 4.39 Å². The first-order chi connectivity index (χ1) is 15.6. The minimum Gasteiger partial charge on any atom is -0.457 e. The average molecular weight is 451 g/mol. The molecule has 2 unspecified atom stereocenters. The van der Waals surface area contributed by atoms with Crippen LogP contribution in [-0.4, -0.2) is 47.4 Å². The number of halogens is 2. The molecule has 2 bridgehead atoms. The molecule has 32 heavy (non-hydrogen) atoms. The molecule has 3 aromatic rings. The van der Waals surface area contributed by atoms with Gasteiger partial charge in [-0.2, -0.15) is 0 Å². The standard InChI is InChI=1S/C26H24ClFN2O2/c27-25-7-2-1-4-18(25)12-13-29-16-22-15-21(29)17-30(22)26(31)19-8-10-23(11-9-19)32-24-6-3-5-20(28)14-24/h1-11,14,21-22H,12-13,15-17H2. The van der Waals surface area contributed by atoms with Crippen molar-refractivity contribution in [1.29, 1.82) is 0 Å². The SMILES string of the molecule is O=C(c1ccc(Oc2cccc(F)c2)cc1)N1CC2CC1CN2CCc1ccccc1Cl. The van der Waals surface area contributed by atoms with Crippen LogP contribution in [0, 0.1) is 5.82 Å². The molecule has 164 valence electrons. The smallest absolute Gasteiger partial charge is 0.254 e. The Kier molecular flexibility index (Phi) is 5.85. The zero-order chi connectivity index (χ0) is 22.1. The van der Waals surface area contributed by atoms with E-state index in [2.05, 4.69) is 11.0 Å². The molecule has 1 amide bonds. The lowest BCUT2D eigenvalue weighted by molar-refractivity contribution is 0.0626. The van der Waals surface area contributed by atoms with Gasteiger partial charge in [0.1, 0.15) is 17.3 Å². The lowest BCUT2D eigenvalue weighted by atomic mass is 10.1. The number of fused-ring (bicyclic) bond motifs is 2. The number of carbonyl (C=O) groups is 1. The number of piperazine rings is 1. The Balaban J connectivity index is 1.17. The Hall–Kier alpha value is -2.89. The van der Waals surface area contributed by atoms with E-state index in [-0.39, 0.29) is 17.8 Å². The second kappa shape index (κ2) is 8.93. The van der Waals surface area contributed by atoms with Crippen LogP contribution in [0.3, 0.4) is 0 Å². The number of amides is 1. The van der Waals surface area contributed by atoms with Crippen LogP contribution in [0.15, 0.2) is 72.8 Å². The van der Waals surface area contributed by atoms with Crippen LogP contribution in [0.1, 0.15) is 22.3 Å². The normalized spacial score (nSPS) is 20.0. The Morgan fingerprint density at radius 3 is 2.50 bits per heavy atom. The summed E-state index contributed by atoms with van der Waals surface area (Å²) in [6, 6.07) is 21.7. The number of carbonyl (C=O) groups excluding carboxylic acids is 1. The van der Waals surface area contributed by atoms with E-state index in [9.17, 15) is 9.18 Å². The fourth-order valence-corrected chi connectivity index (χ4v) is 4.97. The molecule has 2 heterocycles. The molecule has 0 aromatic heterocycles. The Bertz CT molecular complexity index is 1120. The molecule has 2 aliphatic heterocycles. The van der Waals surface area contributed by atoms with E-state index in [1.54, 1.807) is 36.4 Å². The molecule has 6 heteroatoms.